The lowest BCUT2D eigenvalue weighted by Gasteiger charge is -2.27. The molecule has 0 fully saturated rings. The molecule has 1 aromatic heterocycles. The van der Waals surface area contributed by atoms with E-state index in [1.807, 2.05) is 29.6 Å². The van der Waals surface area contributed by atoms with Gasteiger partial charge in [0.05, 0.1) is 23.1 Å². The van der Waals surface area contributed by atoms with Crippen LogP contribution in [0.1, 0.15) is 43.6 Å². The van der Waals surface area contributed by atoms with Crippen LogP contribution in [0.2, 0.25) is 0 Å². The molecule has 6 heteroatoms. The molecule has 1 aliphatic heterocycles. The van der Waals surface area contributed by atoms with E-state index in [9.17, 15) is 9.59 Å². The summed E-state index contributed by atoms with van der Waals surface area (Å²) in [7, 11) is 0. The number of rotatable bonds is 4. The van der Waals surface area contributed by atoms with E-state index in [4.69, 9.17) is 4.74 Å². The van der Waals surface area contributed by atoms with E-state index in [0.717, 1.165) is 15.8 Å². The van der Waals surface area contributed by atoms with E-state index < -0.39 is 0 Å². The number of fused-ring (bicyclic) bond motifs is 1. The molecule has 1 atom stereocenters. The van der Waals surface area contributed by atoms with E-state index in [-0.39, 0.29) is 17.7 Å². The Morgan fingerprint density at radius 2 is 1.89 bits per heavy atom. The summed E-state index contributed by atoms with van der Waals surface area (Å²) in [4.78, 5) is 26.4. The number of carbonyl (C=O) groups is 2. The number of amides is 1. The summed E-state index contributed by atoms with van der Waals surface area (Å²) < 4.78 is 6.61. The summed E-state index contributed by atoms with van der Waals surface area (Å²) in [5.41, 5.74) is 1.74. The molecule has 0 aliphatic carbocycles. The first-order valence-electron chi connectivity index (χ1n) is 8.54. The van der Waals surface area contributed by atoms with Gasteiger partial charge < -0.3 is 10.1 Å². The molecule has 1 amide bonds. The van der Waals surface area contributed by atoms with Crippen LogP contribution in [-0.4, -0.2) is 18.3 Å². The number of ether oxygens (including phenoxy) is 1. The van der Waals surface area contributed by atoms with Crippen LogP contribution in [0.25, 0.3) is 0 Å². The van der Waals surface area contributed by atoms with Gasteiger partial charge in [-0.1, -0.05) is 40.2 Å². The minimum absolute atomic E-state index is 0.133. The second-order valence-electron chi connectivity index (χ2n) is 6.20. The predicted molar refractivity (Wildman–Crippen MR) is 109 cm³/mol. The molecule has 0 bridgehead atoms. The lowest BCUT2D eigenvalue weighted by Crippen LogP contribution is -2.33. The highest BCUT2D eigenvalue weighted by molar-refractivity contribution is 9.10. The van der Waals surface area contributed by atoms with Gasteiger partial charge in [-0.05, 0) is 35.7 Å². The summed E-state index contributed by atoms with van der Waals surface area (Å²) in [5.74, 6) is 0.386. The third-order valence-corrected chi connectivity index (χ3v) is 5.84. The van der Waals surface area contributed by atoms with Crippen LogP contribution in [0.15, 0.2) is 64.5 Å². The highest BCUT2D eigenvalue weighted by Gasteiger charge is 2.26. The van der Waals surface area contributed by atoms with Gasteiger partial charge >= 0.3 is 0 Å². The second-order valence-corrected chi connectivity index (χ2v) is 8.06. The van der Waals surface area contributed by atoms with Crippen LogP contribution in [0, 0.1) is 0 Å². The largest absolute Gasteiger partial charge is 0.493 e. The van der Waals surface area contributed by atoms with Crippen LogP contribution < -0.4 is 10.1 Å². The number of hydrogen-bond donors (Lipinski definition) is 1. The predicted octanol–water partition coefficient (Wildman–Crippen LogP) is 5.00. The number of hydrogen-bond acceptors (Lipinski definition) is 4. The summed E-state index contributed by atoms with van der Waals surface area (Å²) >= 11 is 4.84. The van der Waals surface area contributed by atoms with Gasteiger partial charge in [0.15, 0.2) is 0 Å². The number of thiophene rings is 1. The van der Waals surface area contributed by atoms with Crippen molar-refractivity contribution in [2.24, 2.45) is 0 Å². The van der Waals surface area contributed by atoms with Gasteiger partial charge in [0.1, 0.15) is 5.75 Å². The topological polar surface area (TPSA) is 55.4 Å². The van der Waals surface area contributed by atoms with E-state index in [2.05, 4.69) is 21.2 Å². The van der Waals surface area contributed by atoms with E-state index in [1.165, 1.54) is 11.3 Å². The fourth-order valence-electron chi connectivity index (χ4n) is 3.17. The van der Waals surface area contributed by atoms with E-state index in [0.29, 0.717) is 29.0 Å². The van der Waals surface area contributed by atoms with Gasteiger partial charge in [-0.3, -0.25) is 9.59 Å². The lowest BCUT2D eigenvalue weighted by molar-refractivity contribution is 0.0916. The molecule has 0 saturated carbocycles. The smallest absolute Gasteiger partial charge is 0.252 e. The molecular formula is C21H16BrNO3S. The number of carbonyl (C=O) groups excluding carboxylic acids is 2. The van der Waals surface area contributed by atoms with Crippen LogP contribution in [0.4, 0.5) is 0 Å². The highest BCUT2D eigenvalue weighted by atomic mass is 79.9. The van der Waals surface area contributed by atoms with Crippen molar-refractivity contribution in [2.75, 3.05) is 6.61 Å². The maximum atomic E-state index is 13.0. The SMILES string of the molecule is O=C(NC1CCOc2ccc(Br)cc21)c1ccccc1C(=O)c1cccs1. The monoisotopic (exact) mass is 441 g/mol. The van der Waals surface area contributed by atoms with Crippen LogP contribution in [0.3, 0.4) is 0 Å². The Kier molecular flexibility index (Phi) is 5.09. The maximum absolute atomic E-state index is 13.0. The quantitative estimate of drug-likeness (QED) is 0.579. The molecule has 0 saturated heterocycles. The summed E-state index contributed by atoms with van der Waals surface area (Å²) in [6, 6.07) is 16.1. The van der Waals surface area contributed by atoms with Crippen molar-refractivity contribution in [1.29, 1.82) is 0 Å². The summed E-state index contributed by atoms with van der Waals surface area (Å²) in [6.07, 6.45) is 0.677. The Morgan fingerprint density at radius 3 is 2.67 bits per heavy atom. The molecule has 2 aromatic carbocycles. The van der Waals surface area contributed by atoms with Crippen molar-refractivity contribution in [3.63, 3.8) is 0 Å². The van der Waals surface area contributed by atoms with Crippen molar-refractivity contribution in [1.82, 2.24) is 5.32 Å². The normalized spacial score (nSPS) is 15.5. The number of halogens is 1. The Hall–Kier alpha value is -2.44. The summed E-state index contributed by atoms with van der Waals surface area (Å²) in [6.45, 7) is 0.537. The number of benzene rings is 2. The number of ketones is 1. The third kappa shape index (κ3) is 3.68. The first kappa shape index (κ1) is 17.9. The minimum atomic E-state index is -0.256. The van der Waals surface area contributed by atoms with Gasteiger partial charge in [0, 0.05) is 22.0 Å². The zero-order valence-electron chi connectivity index (χ0n) is 14.3. The average Bonchev–Trinajstić information content (AvgIpc) is 3.22. The van der Waals surface area contributed by atoms with Crippen LogP contribution in [-0.2, 0) is 0 Å². The molecule has 1 aliphatic rings. The zero-order chi connectivity index (χ0) is 18.8. The standard InChI is InChI=1S/C21H16BrNO3S/c22-13-7-8-18-16(12-13)17(9-10-26-18)23-21(25)15-5-2-1-4-14(15)20(24)19-6-3-11-27-19/h1-8,11-12,17H,9-10H2,(H,23,25). The molecule has 2 heterocycles. The molecular weight excluding hydrogens is 426 g/mol. The second kappa shape index (κ2) is 7.66. The van der Waals surface area contributed by atoms with Crippen molar-refractivity contribution >= 4 is 39.0 Å². The zero-order valence-corrected chi connectivity index (χ0v) is 16.7. The first-order valence-corrected chi connectivity index (χ1v) is 10.2. The fraction of sp³-hybridized carbons (Fsp3) is 0.143. The van der Waals surface area contributed by atoms with Crippen molar-refractivity contribution in [3.05, 3.63) is 86.0 Å². The average molecular weight is 442 g/mol. The van der Waals surface area contributed by atoms with Gasteiger partial charge in [-0.2, -0.15) is 0 Å². The minimum Gasteiger partial charge on any atom is -0.493 e. The van der Waals surface area contributed by atoms with E-state index >= 15 is 0 Å². The van der Waals surface area contributed by atoms with Crippen LogP contribution in [0.5, 0.6) is 5.75 Å². The van der Waals surface area contributed by atoms with Crippen molar-refractivity contribution < 1.29 is 14.3 Å². The van der Waals surface area contributed by atoms with Crippen molar-refractivity contribution in [2.45, 2.75) is 12.5 Å². The van der Waals surface area contributed by atoms with Gasteiger partial charge in [-0.25, -0.2) is 0 Å². The number of nitrogens with one attached hydrogen (secondary N) is 1. The molecule has 1 unspecified atom stereocenters. The highest BCUT2D eigenvalue weighted by Crippen LogP contribution is 2.34. The van der Waals surface area contributed by atoms with Gasteiger partial charge in [-0.15, -0.1) is 11.3 Å². The molecule has 4 rings (SSSR count). The van der Waals surface area contributed by atoms with E-state index in [1.54, 1.807) is 30.3 Å². The van der Waals surface area contributed by atoms with Crippen LogP contribution >= 0.6 is 27.3 Å². The molecule has 0 radical (unpaired) electrons. The van der Waals surface area contributed by atoms with Gasteiger partial charge in [0.25, 0.3) is 5.91 Å². The Labute approximate surface area is 169 Å². The maximum Gasteiger partial charge on any atom is 0.252 e. The fourth-order valence-corrected chi connectivity index (χ4v) is 4.23. The Morgan fingerprint density at radius 1 is 1.07 bits per heavy atom. The Bertz CT molecular complexity index is 1000. The van der Waals surface area contributed by atoms with Crippen molar-refractivity contribution in [3.8, 4) is 5.75 Å². The molecule has 3 aromatic rings. The van der Waals surface area contributed by atoms with Gasteiger partial charge in [0.2, 0.25) is 5.78 Å². The lowest BCUT2D eigenvalue weighted by atomic mass is 9.98. The molecule has 136 valence electrons. The first-order chi connectivity index (χ1) is 13.1. The summed E-state index contributed by atoms with van der Waals surface area (Å²) in [5, 5.41) is 4.92. The molecule has 1 N–H and O–H groups in total. The molecule has 27 heavy (non-hydrogen) atoms. The third-order valence-electron chi connectivity index (χ3n) is 4.48. The molecule has 0 spiro atoms. The Balaban J connectivity index is 1.62. The molecule has 4 nitrogen and oxygen atoms in total.